The number of hydrogen-bond acceptors (Lipinski definition) is 1. The number of carboxylic acids is 1. The van der Waals surface area contributed by atoms with Gasteiger partial charge >= 0.3 is 5.97 Å². The second kappa shape index (κ2) is 11.6. The molecule has 3 aliphatic carbocycles. The van der Waals surface area contributed by atoms with E-state index in [0.717, 1.165) is 31.6 Å². The van der Waals surface area contributed by atoms with Gasteiger partial charge in [-0.15, -0.1) is 0 Å². The van der Waals surface area contributed by atoms with Gasteiger partial charge in [-0.25, -0.2) is 0 Å². The summed E-state index contributed by atoms with van der Waals surface area (Å²) < 4.78 is 0. The zero-order valence-corrected chi connectivity index (χ0v) is 21.0. The molecule has 0 bridgehead atoms. The molecule has 0 spiro atoms. The maximum Gasteiger partial charge on any atom is 0.310 e. The van der Waals surface area contributed by atoms with Crippen LogP contribution in [0.5, 0.6) is 0 Å². The minimum atomic E-state index is -0.445. The molecule has 0 saturated heterocycles. The number of rotatable bonds is 11. The van der Waals surface area contributed by atoms with Crippen molar-refractivity contribution in [1.29, 1.82) is 0 Å². The van der Waals surface area contributed by atoms with Gasteiger partial charge in [0.05, 0.1) is 5.41 Å². The largest absolute Gasteiger partial charge is 0.481 e. The molecule has 0 heterocycles. The molecule has 0 aromatic carbocycles. The lowest BCUT2D eigenvalue weighted by atomic mass is 9.46. The molecule has 0 amide bonds. The number of carboxylic acid groups (broad SMARTS) is 1. The Kier molecular flexibility index (Phi) is 9.35. The molecule has 31 heavy (non-hydrogen) atoms. The van der Waals surface area contributed by atoms with E-state index >= 15 is 0 Å². The molecule has 2 nitrogen and oxygen atoms in total. The summed E-state index contributed by atoms with van der Waals surface area (Å²) >= 11 is 0. The molecule has 0 aromatic rings. The van der Waals surface area contributed by atoms with Crippen LogP contribution in [0.2, 0.25) is 0 Å². The van der Waals surface area contributed by atoms with Crippen LogP contribution in [0.1, 0.15) is 155 Å². The van der Waals surface area contributed by atoms with Crippen LogP contribution in [0.3, 0.4) is 0 Å². The summed E-state index contributed by atoms with van der Waals surface area (Å²) in [5.74, 6) is 0.471. The molecule has 180 valence electrons. The highest BCUT2D eigenvalue weighted by atomic mass is 16.4. The van der Waals surface area contributed by atoms with Crippen molar-refractivity contribution in [2.45, 2.75) is 155 Å². The topological polar surface area (TPSA) is 37.3 Å². The van der Waals surface area contributed by atoms with Crippen molar-refractivity contribution >= 4 is 5.97 Å². The van der Waals surface area contributed by atoms with Gasteiger partial charge in [-0.05, 0) is 81.0 Å². The zero-order chi connectivity index (χ0) is 22.2. The van der Waals surface area contributed by atoms with E-state index in [4.69, 9.17) is 0 Å². The Balaban J connectivity index is 1.84. The van der Waals surface area contributed by atoms with Crippen LogP contribution in [0, 0.1) is 22.2 Å². The highest BCUT2D eigenvalue weighted by Crippen LogP contribution is 2.64. The predicted molar refractivity (Wildman–Crippen MR) is 131 cm³/mol. The minimum absolute atomic E-state index is 0.0668. The van der Waals surface area contributed by atoms with Crippen LogP contribution in [0.15, 0.2) is 0 Å². The maximum atomic E-state index is 12.9. The Morgan fingerprint density at radius 1 is 0.710 bits per heavy atom. The Bertz CT molecular complexity index is 531. The summed E-state index contributed by atoms with van der Waals surface area (Å²) in [6, 6.07) is 0. The van der Waals surface area contributed by atoms with E-state index < -0.39 is 11.4 Å². The van der Waals surface area contributed by atoms with Crippen LogP contribution >= 0.6 is 0 Å². The average Bonchev–Trinajstić information content (AvgIpc) is 2.81. The first-order valence-corrected chi connectivity index (χ1v) is 14.3. The molecule has 0 atom stereocenters. The number of hydrogen-bond donors (Lipinski definition) is 1. The fraction of sp³-hybridized carbons (Fsp3) is 0.966. The van der Waals surface area contributed by atoms with Gasteiger partial charge in [-0.3, -0.25) is 4.79 Å². The van der Waals surface area contributed by atoms with Crippen LogP contribution in [-0.2, 0) is 4.79 Å². The molecular weight excluding hydrogens is 380 g/mol. The zero-order valence-electron chi connectivity index (χ0n) is 21.0. The fourth-order valence-electron chi connectivity index (χ4n) is 8.34. The van der Waals surface area contributed by atoms with Crippen molar-refractivity contribution in [3.63, 3.8) is 0 Å². The summed E-state index contributed by atoms with van der Waals surface area (Å²) in [4.78, 5) is 12.9. The van der Waals surface area contributed by atoms with Gasteiger partial charge in [0.25, 0.3) is 0 Å². The highest BCUT2D eigenvalue weighted by Gasteiger charge is 2.59. The monoisotopic (exact) mass is 432 g/mol. The van der Waals surface area contributed by atoms with Gasteiger partial charge in [-0.1, -0.05) is 90.9 Å². The van der Waals surface area contributed by atoms with Crippen molar-refractivity contribution in [3.05, 3.63) is 0 Å². The van der Waals surface area contributed by atoms with E-state index in [0.29, 0.717) is 5.41 Å². The third-order valence-corrected chi connectivity index (χ3v) is 10.3. The van der Waals surface area contributed by atoms with Crippen LogP contribution in [-0.4, -0.2) is 11.1 Å². The Morgan fingerprint density at radius 3 is 1.81 bits per heavy atom. The van der Waals surface area contributed by atoms with Gasteiger partial charge in [0.2, 0.25) is 0 Å². The van der Waals surface area contributed by atoms with Crippen LogP contribution in [0.4, 0.5) is 0 Å². The number of aliphatic carboxylic acids is 1. The smallest absolute Gasteiger partial charge is 0.310 e. The Hall–Kier alpha value is -0.530. The molecule has 3 fully saturated rings. The molecular formula is C29H52O2. The lowest BCUT2D eigenvalue weighted by molar-refractivity contribution is -0.171. The number of unbranched alkanes of at least 4 members (excludes halogenated alkanes) is 4. The molecule has 2 heteroatoms. The average molecular weight is 433 g/mol. The molecule has 0 radical (unpaired) electrons. The first-order valence-electron chi connectivity index (χ1n) is 14.3. The van der Waals surface area contributed by atoms with Crippen molar-refractivity contribution in [1.82, 2.24) is 0 Å². The summed E-state index contributed by atoms with van der Waals surface area (Å²) in [5.41, 5.74) is 0.163. The normalized spacial score (nSPS) is 32.1. The molecule has 3 saturated carbocycles. The first kappa shape index (κ1) is 25.1. The lowest BCUT2D eigenvalue weighted by Gasteiger charge is -2.58. The standard InChI is InChI=1S/C29H52O2/c1-3-5-11-17-27(25-15-9-7-10-16-25)21-23-28(24-22-27,18-12-6-4-2)29(26(30)31)19-13-8-14-20-29/h25H,3-24H2,1-2H3,(H,30,31). The molecule has 0 aliphatic heterocycles. The molecule has 0 aromatic heterocycles. The summed E-state index contributed by atoms with van der Waals surface area (Å²) in [7, 11) is 0. The van der Waals surface area contributed by atoms with Crippen LogP contribution in [0.25, 0.3) is 0 Å². The van der Waals surface area contributed by atoms with E-state index in [2.05, 4.69) is 13.8 Å². The first-order chi connectivity index (χ1) is 15.0. The SMILES string of the molecule is CCCCCC1(C2CCCCC2)CCC(CCCCC)(C2(C(=O)O)CCCCC2)CC1. The third kappa shape index (κ3) is 5.35. The molecule has 3 rings (SSSR count). The molecule has 3 aliphatic rings. The van der Waals surface area contributed by atoms with Gasteiger partial charge < -0.3 is 5.11 Å². The van der Waals surface area contributed by atoms with E-state index in [9.17, 15) is 9.90 Å². The van der Waals surface area contributed by atoms with Crippen molar-refractivity contribution < 1.29 is 9.90 Å². The summed E-state index contributed by atoms with van der Waals surface area (Å²) in [5, 5.41) is 10.6. The van der Waals surface area contributed by atoms with Gasteiger partial charge in [0, 0.05) is 0 Å². The lowest BCUT2D eigenvalue weighted by Crippen LogP contribution is -2.53. The third-order valence-electron chi connectivity index (χ3n) is 10.3. The van der Waals surface area contributed by atoms with Crippen molar-refractivity contribution in [2.24, 2.45) is 22.2 Å². The van der Waals surface area contributed by atoms with E-state index in [1.54, 1.807) is 0 Å². The van der Waals surface area contributed by atoms with E-state index in [-0.39, 0.29) is 5.41 Å². The second-order valence-corrected chi connectivity index (χ2v) is 11.8. The van der Waals surface area contributed by atoms with Gasteiger partial charge in [0.15, 0.2) is 0 Å². The Labute approximate surface area is 193 Å². The fourth-order valence-corrected chi connectivity index (χ4v) is 8.34. The summed E-state index contributed by atoms with van der Waals surface area (Å²) in [6.45, 7) is 4.61. The van der Waals surface area contributed by atoms with E-state index in [1.807, 2.05) is 0 Å². The Morgan fingerprint density at radius 2 is 1.26 bits per heavy atom. The van der Waals surface area contributed by atoms with E-state index in [1.165, 1.54) is 116 Å². The van der Waals surface area contributed by atoms with Crippen molar-refractivity contribution in [2.75, 3.05) is 0 Å². The minimum Gasteiger partial charge on any atom is -0.481 e. The number of carbonyl (C=O) groups is 1. The second-order valence-electron chi connectivity index (χ2n) is 11.8. The van der Waals surface area contributed by atoms with Gasteiger partial charge in [-0.2, -0.15) is 0 Å². The predicted octanol–water partition coefficient (Wildman–Crippen LogP) is 9.31. The quantitative estimate of drug-likeness (QED) is 0.330. The molecule has 0 unspecified atom stereocenters. The highest BCUT2D eigenvalue weighted by molar-refractivity contribution is 5.76. The van der Waals surface area contributed by atoms with Crippen LogP contribution < -0.4 is 0 Å². The maximum absolute atomic E-state index is 12.9. The summed E-state index contributed by atoms with van der Waals surface area (Å²) in [6.07, 6.45) is 28.0. The van der Waals surface area contributed by atoms with Gasteiger partial charge in [0.1, 0.15) is 0 Å². The van der Waals surface area contributed by atoms with Crippen molar-refractivity contribution in [3.8, 4) is 0 Å². The molecule has 1 N–H and O–H groups in total.